The first-order valence-corrected chi connectivity index (χ1v) is 9.87. The molecule has 0 radical (unpaired) electrons. The molecule has 1 saturated heterocycles. The Morgan fingerprint density at radius 2 is 1.96 bits per heavy atom. The number of aromatic hydroxyl groups is 1. The highest BCUT2D eigenvalue weighted by atomic mass is 35.5. The summed E-state index contributed by atoms with van der Waals surface area (Å²) in [7, 11) is 0. The van der Waals surface area contributed by atoms with Crippen molar-refractivity contribution in [1.29, 1.82) is 0 Å². The minimum Gasteiger partial charge on any atom is -0.492 e. The van der Waals surface area contributed by atoms with Gasteiger partial charge in [-0.25, -0.2) is 4.98 Å². The van der Waals surface area contributed by atoms with E-state index in [0.717, 1.165) is 33.9 Å². The van der Waals surface area contributed by atoms with Crippen molar-refractivity contribution in [1.82, 2.24) is 14.6 Å². The molecule has 0 spiro atoms. The zero-order chi connectivity index (χ0) is 17.6. The number of nitrogens with zero attached hydrogens (tertiary/aromatic N) is 3. The van der Waals surface area contributed by atoms with Crippen molar-refractivity contribution in [2.75, 3.05) is 13.1 Å². The van der Waals surface area contributed by atoms with E-state index < -0.39 is 0 Å². The fourth-order valence-corrected chi connectivity index (χ4v) is 5.00. The Morgan fingerprint density at radius 3 is 2.60 bits per heavy atom. The number of aromatic nitrogens is 3. The summed E-state index contributed by atoms with van der Waals surface area (Å²) in [5, 5.41) is 15.8. The Bertz CT molecular complexity index is 881. The lowest BCUT2D eigenvalue weighted by Gasteiger charge is -2.33. The van der Waals surface area contributed by atoms with Crippen LogP contribution in [0.2, 0.25) is 5.02 Å². The molecule has 0 amide bonds. The Hall–Kier alpha value is -1.63. The number of benzene rings is 1. The van der Waals surface area contributed by atoms with Crippen LogP contribution in [-0.4, -0.2) is 32.8 Å². The lowest BCUT2D eigenvalue weighted by atomic mass is 9.95. The van der Waals surface area contributed by atoms with E-state index in [1.165, 1.54) is 34.6 Å². The number of likely N-dealkylation sites (tertiary alicyclic amines) is 1. The first-order valence-electron chi connectivity index (χ1n) is 8.68. The lowest BCUT2D eigenvalue weighted by molar-refractivity contribution is -0.931. The van der Waals surface area contributed by atoms with Crippen LogP contribution in [0.25, 0.3) is 4.96 Å². The van der Waals surface area contributed by atoms with Gasteiger partial charge in [-0.1, -0.05) is 42.0 Å². The van der Waals surface area contributed by atoms with Gasteiger partial charge in [-0.3, -0.25) is 0 Å². The molecule has 2 N–H and O–H groups in total. The Morgan fingerprint density at radius 1 is 1.28 bits per heavy atom. The summed E-state index contributed by atoms with van der Waals surface area (Å²) < 4.78 is 1.56. The number of fused-ring (bicyclic) bond motifs is 1. The van der Waals surface area contributed by atoms with Crippen molar-refractivity contribution in [3.8, 4) is 5.88 Å². The second kappa shape index (κ2) is 6.59. The van der Waals surface area contributed by atoms with Crippen molar-refractivity contribution < 1.29 is 10.0 Å². The van der Waals surface area contributed by atoms with Crippen LogP contribution in [0, 0.1) is 12.8 Å². The zero-order valence-corrected chi connectivity index (χ0v) is 15.9. The molecular weight excluding hydrogens is 356 g/mol. The van der Waals surface area contributed by atoms with Crippen LogP contribution >= 0.6 is 22.9 Å². The third kappa shape index (κ3) is 3.14. The van der Waals surface area contributed by atoms with Gasteiger partial charge in [0.2, 0.25) is 10.8 Å². The molecule has 0 unspecified atom stereocenters. The molecule has 25 heavy (non-hydrogen) atoms. The molecule has 2 aromatic heterocycles. The monoisotopic (exact) mass is 377 g/mol. The molecule has 4 rings (SSSR count). The third-order valence-electron chi connectivity index (χ3n) is 5.10. The number of thiazole rings is 1. The molecule has 0 saturated carbocycles. The van der Waals surface area contributed by atoms with E-state index in [2.05, 4.69) is 29.1 Å². The van der Waals surface area contributed by atoms with Crippen LogP contribution in [0.1, 0.15) is 42.1 Å². The summed E-state index contributed by atoms with van der Waals surface area (Å²) >= 11 is 7.62. The second-order valence-electron chi connectivity index (χ2n) is 6.97. The standard InChI is InChI=1S/C18H21ClN4OS/c1-11-7-9-22(10-8-11)15(13-3-5-14(19)6-4-13)16-17(24)23-18(25-16)20-12(2)21-23/h3-6,11,15,24H,7-10H2,1-2H3/p+1/t15-/m1/s1. The molecule has 1 aromatic carbocycles. The highest BCUT2D eigenvalue weighted by Gasteiger charge is 2.34. The van der Waals surface area contributed by atoms with Crippen molar-refractivity contribution in [2.45, 2.75) is 32.7 Å². The van der Waals surface area contributed by atoms with Gasteiger partial charge in [0.15, 0.2) is 6.04 Å². The van der Waals surface area contributed by atoms with Crippen molar-refractivity contribution in [2.24, 2.45) is 5.92 Å². The SMILES string of the molecule is Cc1nc2sc([C@@H](c3ccc(Cl)cc3)[NH+]3CCC(C)CC3)c(O)n2n1. The van der Waals surface area contributed by atoms with Gasteiger partial charge in [0, 0.05) is 10.6 Å². The molecular formula is C18H22ClN4OS+. The van der Waals surface area contributed by atoms with Crippen molar-refractivity contribution in [3.63, 3.8) is 0 Å². The average Bonchev–Trinajstić information content (AvgIpc) is 3.09. The largest absolute Gasteiger partial charge is 0.492 e. The average molecular weight is 378 g/mol. The van der Waals surface area contributed by atoms with Gasteiger partial charge in [-0.2, -0.15) is 4.52 Å². The highest BCUT2D eigenvalue weighted by molar-refractivity contribution is 7.17. The van der Waals surface area contributed by atoms with E-state index in [1.54, 1.807) is 4.52 Å². The smallest absolute Gasteiger partial charge is 0.235 e. The molecule has 5 nitrogen and oxygen atoms in total. The quantitative estimate of drug-likeness (QED) is 0.738. The van der Waals surface area contributed by atoms with Crippen LogP contribution in [0.5, 0.6) is 5.88 Å². The van der Waals surface area contributed by atoms with Gasteiger partial charge in [0.05, 0.1) is 13.1 Å². The Balaban J connectivity index is 1.79. The number of quaternary nitrogens is 1. The van der Waals surface area contributed by atoms with Gasteiger partial charge < -0.3 is 10.0 Å². The molecule has 0 aliphatic carbocycles. The number of hydrogen-bond acceptors (Lipinski definition) is 4. The molecule has 3 aromatic rings. The minimum atomic E-state index is 0.0820. The van der Waals surface area contributed by atoms with Crippen LogP contribution in [0.4, 0.5) is 0 Å². The summed E-state index contributed by atoms with van der Waals surface area (Å²) in [5.41, 5.74) is 1.17. The van der Waals surface area contributed by atoms with E-state index in [4.69, 9.17) is 11.6 Å². The van der Waals surface area contributed by atoms with Crippen LogP contribution in [0.3, 0.4) is 0 Å². The third-order valence-corrected chi connectivity index (χ3v) is 6.43. The van der Waals surface area contributed by atoms with Gasteiger partial charge in [0.25, 0.3) is 0 Å². The summed E-state index contributed by atoms with van der Waals surface area (Å²) in [6, 6.07) is 8.07. The summed E-state index contributed by atoms with van der Waals surface area (Å²) in [6.07, 6.45) is 2.42. The Kier molecular flexibility index (Phi) is 4.43. The molecule has 1 fully saturated rings. The molecule has 3 heterocycles. The summed E-state index contributed by atoms with van der Waals surface area (Å²) in [4.78, 5) is 7.58. The summed E-state index contributed by atoms with van der Waals surface area (Å²) in [5.74, 6) is 1.66. The maximum atomic E-state index is 10.8. The van der Waals surface area contributed by atoms with E-state index in [0.29, 0.717) is 5.82 Å². The fraction of sp³-hybridized carbons (Fsp3) is 0.444. The highest BCUT2D eigenvalue weighted by Crippen LogP contribution is 2.35. The predicted octanol–water partition coefficient (Wildman–Crippen LogP) is 2.86. The first kappa shape index (κ1) is 16.8. The number of rotatable bonds is 3. The van der Waals surface area contributed by atoms with E-state index in [9.17, 15) is 5.11 Å². The second-order valence-corrected chi connectivity index (χ2v) is 8.41. The van der Waals surface area contributed by atoms with E-state index >= 15 is 0 Å². The molecule has 132 valence electrons. The van der Waals surface area contributed by atoms with Gasteiger partial charge >= 0.3 is 0 Å². The lowest BCUT2D eigenvalue weighted by Crippen LogP contribution is -3.13. The summed E-state index contributed by atoms with van der Waals surface area (Å²) in [6.45, 7) is 6.35. The van der Waals surface area contributed by atoms with E-state index in [-0.39, 0.29) is 11.9 Å². The topological polar surface area (TPSA) is 54.9 Å². The fourth-order valence-electron chi connectivity index (χ4n) is 3.69. The molecule has 1 atom stereocenters. The molecule has 0 bridgehead atoms. The van der Waals surface area contributed by atoms with Gasteiger partial charge in [0.1, 0.15) is 10.7 Å². The minimum absolute atomic E-state index is 0.0820. The van der Waals surface area contributed by atoms with Gasteiger partial charge in [-0.15, -0.1) is 5.10 Å². The Labute approximate surface area is 155 Å². The molecule has 7 heteroatoms. The number of aryl methyl sites for hydroxylation is 1. The number of hydrogen-bond donors (Lipinski definition) is 2. The number of halogens is 1. The van der Waals surface area contributed by atoms with Gasteiger partial charge in [-0.05, 0) is 37.8 Å². The molecule has 1 aliphatic heterocycles. The normalized spacial score (nSPS) is 22.4. The maximum absolute atomic E-state index is 10.8. The van der Waals surface area contributed by atoms with Crippen molar-refractivity contribution in [3.05, 3.63) is 45.6 Å². The maximum Gasteiger partial charge on any atom is 0.235 e. The number of piperidine rings is 1. The molecule has 1 aliphatic rings. The van der Waals surface area contributed by atoms with Crippen LogP contribution in [0.15, 0.2) is 24.3 Å². The van der Waals surface area contributed by atoms with E-state index in [1.807, 2.05) is 19.1 Å². The van der Waals surface area contributed by atoms with Crippen molar-refractivity contribution >= 4 is 27.9 Å². The van der Waals surface area contributed by atoms with Crippen LogP contribution in [-0.2, 0) is 0 Å². The first-order chi connectivity index (χ1) is 12.0. The number of nitrogens with one attached hydrogen (secondary N) is 1. The van der Waals surface area contributed by atoms with Crippen LogP contribution < -0.4 is 4.90 Å². The zero-order valence-electron chi connectivity index (χ0n) is 14.4. The predicted molar refractivity (Wildman–Crippen MR) is 99.7 cm³/mol.